The van der Waals surface area contributed by atoms with E-state index >= 15 is 0 Å². The molecule has 0 radical (unpaired) electrons. The first kappa shape index (κ1) is 32.3. The molecule has 1 aliphatic heterocycles. The van der Waals surface area contributed by atoms with Gasteiger partial charge in [0.25, 0.3) is 0 Å². The molecule has 1 heterocycles. The van der Waals surface area contributed by atoms with Crippen LogP contribution >= 0.6 is 23.2 Å². The molecular formula is C30H40Cl2N4O6S. The fraction of sp³-hybridized carbons (Fsp3) is 0.567. The second-order valence-electron chi connectivity index (χ2n) is 11.2. The van der Waals surface area contributed by atoms with Crippen molar-refractivity contribution in [2.75, 3.05) is 52.6 Å². The fourth-order valence-electron chi connectivity index (χ4n) is 6.38. The predicted octanol–water partition coefficient (Wildman–Crippen LogP) is 4.15. The molecular weight excluding hydrogens is 615 g/mol. The smallest absolute Gasteiger partial charge is 0.314 e. The first-order chi connectivity index (χ1) is 20.7. The second-order valence-corrected chi connectivity index (χ2v) is 13.8. The van der Waals surface area contributed by atoms with Gasteiger partial charge in [-0.1, -0.05) is 23.2 Å². The lowest BCUT2D eigenvalue weighted by molar-refractivity contribution is 0.0516. The lowest BCUT2D eigenvalue weighted by Gasteiger charge is -2.36. The van der Waals surface area contributed by atoms with Crippen LogP contribution in [0.5, 0.6) is 5.75 Å². The molecule has 2 bridgehead atoms. The highest BCUT2D eigenvalue weighted by atomic mass is 35.5. The van der Waals surface area contributed by atoms with Gasteiger partial charge in [-0.05, 0) is 80.5 Å². The number of sulfonamides is 1. The number of benzene rings is 2. The summed E-state index contributed by atoms with van der Waals surface area (Å²) in [5.41, 5.74) is 2.08. The van der Waals surface area contributed by atoms with Crippen molar-refractivity contribution in [2.24, 2.45) is 5.92 Å². The summed E-state index contributed by atoms with van der Waals surface area (Å²) in [6.07, 6.45) is 4.31. The number of likely N-dealkylation sites (tertiary alicyclic amines) is 1. The van der Waals surface area contributed by atoms with Gasteiger partial charge in [0.05, 0.1) is 37.4 Å². The number of hydrogen-bond acceptors (Lipinski definition) is 7. The highest BCUT2D eigenvalue weighted by molar-refractivity contribution is 7.89. The third-order valence-electron chi connectivity index (χ3n) is 8.32. The van der Waals surface area contributed by atoms with Crippen LogP contribution in [0, 0.1) is 5.92 Å². The number of fused-ring (bicyclic) bond motifs is 3. The van der Waals surface area contributed by atoms with Crippen LogP contribution in [0.25, 0.3) is 0 Å². The van der Waals surface area contributed by atoms with E-state index in [4.69, 9.17) is 37.4 Å². The van der Waals surface area contributed by atoms with Gasteiger partial charge in [0.1, 0.15) is 11.9 Å². The highest BCUT2D eigenvalue weighted by Gasteiger charge is 2.47. The van der Waals surface area contributed by atoms with Gasteiger partial charge in [-0.15, -0.1) is 0 Å². The summed E-state index contributed by atoms with van der Waals surface area (Å²) in [6, 6.07) is 10.7. The van der Waals surface area contributed by atoms with Crippen LogP contribution in [-0.2, 0) is 25.9 Å². The normalized spacial score (nSPS) is 23.0. The van der Waals surface area contributed by atoms with Gasteiger partial charge in [0.2, 0.25) is 10.0 Å². The minimum absolute atomic E-state index is 0.124. The highest BCUT2D eigenvalue weighted by Crippen LogP contribution is 2.47. The number of hydrogen-bond donors (Lipinski definition) is 3. The maximum absolute atomic E-state index is 12.8. The first-order valence-electron chi connectivity index (χ1n) is 14.9. The van der Waals surface area contributed by atoms with Crippen molar-refractivity contribution < 1.29 is 27.4 Å². The summed E-state index contributed by atoms with van der Waals surface area (Å²) in [6.45, 7) is 5.22. The molecule has 1 saturated heterocycles. The molecule has 4 atom stereocenters. The Morgan fingerprint density at radius 3 is 2.42 bits per heavy atom. The number of urea groups is 1. The third-order valence-corrected chi connectivity index (χ3v) is 10.4. The number of rotatable bonds is 15. The van der Waals surface area contributed by atoms with E-state index in [1.54, 1.807) is 30.3 Å². The summed E-state index contributed by atoms with van der Waals surface area (Å²) in [7, 11) is -3.72. The molecule has 3 aliphatic rings. The maximum atomic E-state index is 12.8. The van der Waals surface area contributed by atoms with E-state index < -0.39 is 10.0 Å². The average molecular weight is 656 g/mol. The number of carbonyl (C=O) groups is 1. The largest absolute Gasteiger partial charge is 0.484 e. The molecule has 43 heavy (non-hydrogen) atoms. The van der Waals surface area contributed by atoms with E-state index in [0.717, 1.165) is 30.0 Å². The predicted molar refractivity (Wildman–Crippen MR) is 166 cm³/mol. The molecule has 2 amide bonds. The summed E-state index contributed by atoms with van der Waals surface area (Å²) in [5.74, 6) is 1.34. The van der Waals surface area contributed by atoms with Crippen molar-refractivity contribution in [3.8, 4) is 5.75 Å². The van der Waals surface area contributed by atoms with Crippen molar-refractivity contribution >= 4 is 39.3 Å². The van der Waals surface area contributed by atoms with E-state index in [1.807, 2.05) is 13.0 Å². The van der Waals surface area contributed by atoms with Gasteiger partial charge >= 0.3 is 6.03 Å². The standard InChI is InChI=1S/C30H40Cl2N4O6S/c1-2-33-30(37)34-9-11-40-13-14-41-12-10-35-43(38,39)24-7-5-23(6-8-24)42-29-26-16-21(31)17-27(32)25(26)18-28(29)36-19-20-3-4-22(36)15-20/h5-8,16-17,20,22,28-29,35H,2-4,9-15,18-19H2,1H3,(H2,33,34,37)/t20?,22?,28-,29-/m0/s1. The zero-order valence-corrected chi connectivity index (χ0v) is 26.6. The Morgan fingerprint density at radius 1 is 1.00 bits per heavy atom. The van der Waals surface area contributed by atoms with Crippen LogP contribution in [0.3, 0.4) is 0 Å². The Morgan fingerprint density at radius 2 is 1.74 bits per heavy atom. The Bertz CT molecular complexity index is 1360. The molecule has 5 rings (SSSR count). The van der Waals surface area contributed by atoms with Crippen LogP contribution in [0.1, 0.15) is 43.4 Å². The third kappa shape index (κ3) is 8.13. The summed E-state index contributed by atoms with van der Waals surface area (Å²) < 4.78 is 45.6. The van der Waals surface area contributed by atoms with Crippen molar-refractivity contribution in [1.29, 1.82) is 0 Å². The van der Waals surface area contributed by atoms with Gasteiger partial charge in [-0.2, -0.15) is 0 Å². The van der Waals surface area contributed by atoms with Gasteiger partial charge < -0.3 is 24.8 Å². The number of ether oxygens (including phenoxy) is 3. The van der Waals surface area contributed by atoms with Gasteiger partial charge in [0.15, 0.2) is 0 Å². The van der Waals surface area contributed by atoms with Crippen molar-refractivity contribution in [3.05, 3.63) is 57.6 Å². The Balaban J connectivity index is 1.10. The monoisotopic (exact) mass is 654 g/mol. The maximum Gasteiger partial charge on any atom is 0.314 e. The minimum atomic E-state index is -3.72. The Hall–Kier alpha value is -2.12. The van der Waals surface area contributed by atoms with Gasteiger partial charge in [-0.3, -0.25) is 4.90 Å². The number of piperidine rings is 1. The van der Waals surface area contributed by atoms with E-state index in [-0.39, 0.29) is 36.2 Å². The molecule has 0 aromatic heterocycles. The molecule has 0 spiro atoms. The lowest BCUT2D eigenvalue weighted by atomic mass is 10.0. The van der Waals surface area contributed by atoms with Crippen molar-refractivity contribution in [3.63, 3.8) is 0 Å². The lowest BCUT2D eigenvalue weighted by Crippen LogP contribution is -2.44. The van der Waals surface area contributed by atoms with Crippen molar-refractivity contribution in [1.82, 2.24) is 20.3 Å². The summed E-state index contributed by atoms with van der Waals surface area (Å²) in [5, 5.41) is 6.54. The Labute approximate surface area is 263 Å². The summed E-state index contributed by atoms with van der Waals surface area (Å²) >= 11 is 13.0. The summed E-state index contributed by atoms with van der Waals surface area (Å²) in [4.78, 5) is 14.0. The van der Waals surface area contributed by atoms with Crippen LogP contribution in [0.4, 0.5) is 4.79 Å². The first-order valence-corrected chi connectivity index (χ1v) is 17.2. The van der Waals surface area contributed by atoms with Crippen LogP contribution in [0.2, 0.25) is 10.0 Å². The number of amides is 2. The van der Waals surface area contributed by atoms with Crippen LogP contribution < -0.4 is 20.1 Å². The van der Waals surface area contributed by atoms with Crippen LogP contribution in [-0.4, -0.2) is 84.0 Å². The van der Waals surface area contributed by atoms with Crippen molar-refractivity contribution in [2.45, 2.75) is 55.7 Å². The molecule has 2 unspecified atom stereocenters. The Kier molecular flexibility index (Phi) is 11.1. The molecule has 10 nitrogen and oxygen atoms in total. The minimum Gasteiger partial charge on any atom is -0.484 e. The molecule has 3 N–H and O–H groups in total. The molecule has 2 fully saturated rings. The van der Waals surface area contributed by atoms with E-state index in [2.05, 4.69) is 20.3 Å². The molecule has 236 valence electrons. The number of carbonyl (C=O) groups excluding carboxylic acids is 1. The molecule has 2 aromatic carbocycles. The number of nitrogens with zero attached hydrogens (tertiary/aromatic N) is 1. The average Bonchev–Trinajstić information content (AvgIpc) is 3.70. The number of nitrogens with one attached hydrogen (secondary N) is 3. The quantitative estimate of drug-likeness (QED) is 0.247. The van der Waals surface area contributed by atoms with Crippen LogP contribution in [0.15, 0.2) is 41.3 Å². The second kappa shape index (κ2) is 14.8. The zero-order valence-electron chi connectivity index (χ0n) is 24.3. The van der Waals surface area contributed by atoms with E-state index in [1.165, 1.54) is 19.3 Å². The zero-order chi connectivity index (χ0) is 30.4. The molecule has 13 heteroatoms. The van der Waals surface area contributed by atoms with E-state index in [9.17, 15) is 13.2 Å². The van der Waals surface area contributed by atoms with Gasteiger partial charge in [0, 0.05) is 47.8 Å². The fourth-order valence-corrected chi connectivity index (χ4v) is 7.97. The molecule has 2 aliphatic carbocycles. The number of halogens is 2. The van der Waals surface area contributed by atoms with Gasteiger partial charge in [-0.25, -0.2) is 17.9 Å². The molecule has 1 saturated carbocycles. The SMILES string of the molecule is CCNC(=O)NCCOCCOCCNS(=O)(=O)c1ccc(O[C@H]2c3cc(Cl)cc(Cl)c3C[C@@H]2N2CC3CCC2C3)cc1. The van der Waals surface area contributed by atoms with E-state index in [0.29, 0.717) is 54.7 Å². The topological polar surface area (TPSA) is 118 Å². The molecule has 2 aromatic rings.